The zero-order chi connectivity index (χ0) is 22.0. The number of pyridine rings is 2. The van der Waals surface area contributed by atoms with Crippen molar-refractivity contribution in [2.75, 3.05) is 49.1 Å². The second-order valence-electron chi connectivity index (χ2n) is 9.87. The lowest BCUT2D eigenvalue weighted by atomic mass is 9.92. The highest BCUT2D eigenvalue weighted by Crippen LogP contribution is 2.30. The third-order valence-corrected chi connectivity index (χ3v) is 7.15. The van der Waals surface area contributed by atoms with Crippen LogP contribution in [0.3, 0.4) is 0 Å². The third-order valence-electron chi connectivity index (χ3n) is 7.15. The molecule has 0 aromatic carbocycles. The number of aromatic nitrogens is 2. The lowest BCUT2D eigenvalue weighted by Crippen LogP contribution is -2.53. The van der Waals surface area contributed by atoms with E-state index in [1.807, 2.05) is 6.20 Å². The van der Waals surface area contributed by atoms with Crippen LogP contribution in [0, 0.1) is 0 Å². The van der Waals surface area contributed by atoms with E-state index in [1.165, 1.54) is 11.1 Å². The summed E-state index contributed by atoms with van der Waals surface area (Å²) in [5.74, 6) is 2.69. The van der Waals surface area contributed by atoms with Crippen molar-refractivity contribution in [3.8, 4) is 0 Å². The molecule has 0 unspecified atom stereocenters. The zero-order valence-corrected chi connectivity index (χ0v) is 19.6. The smallest absolute Gasteiger partial charge is 0.128 e. The Morgan fingerprint density at radius 1 is 0.839 bits per heavy atom. The molecule has 2 aliphatic rings. The number of piperidine rings is 1. The number of anilines is 2. The largest absolute Gasteiger partial charge is 0.357 e. The van der Waals surface area contributed by atoms with Crippen molar-refractivity contribution >= 4 is 11.6 Å². The van der Waals surface area contributed by atoms with Crippen molar-refractivity contribution < 1.29 is 0 Å². The van der Waals surface area contributed by atoms with Crippen LogP contribution in [-0.2, 0) is 5.54 Å². The van der Waals surface area contributed by atoms with Crippen molar-refractivity contribution in [1.82, 2.24) is 14.9 Å². The van der Waals surface area contributed by atoms with Crippen molar-refractivity contribution in [2.24, 2.45) is 5.73 Å². The Labute approximate surface area is 187 Å². The van der Waals surface area contributed by atoms with Crippen LogP contribution in [0.5, 0.6) is 0 Å². The maximum absolute atomic E-state index is 6.04. The summed E-state index contributed by atoms with van der Waals surface area (Å²) in [6.07, 6.45) is 6.20. The molecule has 168 valence electrons. The zero-order valence-electron chi connectivity index (χ0n) is 19.6. The first kappa shape index (κ1) is 22.0. The molecule has 6 nitrogen and oxygen atoms in total. The summed E-state index contributed by atoms with van der Waals surface area (Å²) in [6.45, 7) is 15.1. The van der Waals surface area contributed by atoms with Gasteiger partial charge in [-0.15, -0.1) is 0 Å². The minimum atomic E-state index is -0.0448. The Morgan fingerprint density at radius 2 is 1.42 bits per heavy atom. The predicted molar refractivity (Wildman–Crippen MR) is 129 cm³/mol. The minimum Gasteiger partial charge on any atom is -0.357 e. The van der Waals surface area contributed by atoms with E-state index in [0.717, 1.165) is 63.7 Å². The molecule has 4 rings (SSSR count). The summed E-state index contributed by atoms with van der Waals surface area (Å²) in [5.41, 5.74) is 8.57. The average Bonchev–Trinajstić information content (AvgIpc) is 2.80. The van der Waals surface area contributed by atoms with Gasteiger partial charge in [-0.3, -0.25) is 4.90 Å². The minimum absolute atomic E-state index is 0.0448. The van der Waals surface area contributed by atoms with Crippen LogP contribution in [0.4, 0.5) is 11.6 Å². The maximum atomic E-state index is 6.04. The van der Waals surface area contributed by atoms with Gasteiger partial charge in [-0.25, -0.2) is 9.97 Å². The van der Waals surface area contributed by atoms with Gasteiger partial charge in [0.1, 0.15) is 11.6 Å². The molecule has 2 N–H and O–H groups in total. The van der Waals surface area contributed by atoms with Crippen molar-refractivity contribution in [3.05, 3.63) is 47.8 Å². The number of hydrogen-bond donors (Lipinski definition) is 1. The normalized spacial score (nSPS) is 19.3. The molecule has 0 amide bonds. The van der Waals surface area contributed by atoms with E-state index >= 15 is 0 Å². The van der Waals surface area contributed by atoms with Crippen molar-refractivity contribution in [1.29, 1.82) is 0 Å². The molecule has 2 aromatic rings. The topological polar surface area (TPSA) is 61.5 Å². The van der Waals surface area contributed by atoms with E-state index in [-0.39, 0.29) is 5.54 Å². The number of hydrogen-bond acceptors (Lipinski definition) is 6. The highest BCUT2D eigenvalue weighted by atomic mass is 15.3. The van der Waals surface area contributed by atoms with Crippen LogP contribution in [-0.4, -0.2) is 60.2 Å². The molecule has 0 bridgehead atoms. The molecule has 2 aliphatic heterocycles. The maximum Gasteiger partial charge on any atom is 0.128 e. The molecule has 0 spiro atoms. The van der Waals surface area contributed by atoms with Crippen LogP contribution in [0.2, 0.25) is 0 Å². The number of nitrogens with zero attached hydrogens (tertiary/aromatic N) is 5. The van der Waals surface area contributed by atoms with Gasteiger partial charge in [0.2, 0.25) is 0 Å². The fourth-order valence-corrected chi connectivity index (χ4v) is 4.67. The highest BCUT2D eigenvalue weighted by Gasteiger charge is 2.32. The second kappa shape index (κ2) is 9.13. The molecule has 6 heteroatoms. The predicted octanol–water partition coefficient (Wildman–Crippen LogP) is 3.58. The van der Waals surface area contributed by atoms with Crippen LogP contribution < -0.4 is 15.5 Å². The Hall–Kier alpha value is -2.18. The number of nitrogens with two attached hydrogens (primary N) is 1. The first-order valence-corrected chi connectivity index (χ1v) is 11.8. The summed E-state index contributed by atoms with van der Waals surface area (Å²) in [7, 11) is 0. The Balaban J connectivity index is 1.37. The Kier molecular flexibility index (Phi) is 6.49. The Morgan fingerprint density at radius 3 is 1.94 bits per heavy atom. The first-order chi connectivity index (χ1) is 14.8. The van der Waals surface area contributed by atoms with Gasteiger partial charge in [0.15, 0.2) is 0 Å². The van der Waals surface area contributed by atoms with Crippen LogP contribution in [0.25, 0.3) is 0 Å². The van der Waals surface area contributed by atoms with E-state index < -0.39 is 0 Å². The van der Waals surface area contributed by atoms with Gasteiger partial charge in [-0.1, -0.05) is 26.0 Å². The van der Waals surface area contributed by atoms with Crippen molar-refractivity contribution in [2.45, 2.75) is 58.0 Å². The van der Waals surface area contributed by atoms with E-state index in [2.05, 4.69) is 72.9 Å². The fourth-order valence-electron chi connectivity index (χ4n) is 4.67. The lowest BCUT2D eigenvalue weighted by Gasteiger charge is -2.44. The molecule has 2 aromatic heterocycles. The molecule has 0 aliphatic carbocycles. The lowest BCUT2D eigenvalue weighted by molar-refractivity contribution is 0.111. The molecule has 0 radical (unpaired) electrons. The second-order valence-corrected chi connectivity index (χ2v) is 9.87. The van der Waals surface area contributed by atoms with Gasteiger partial charge in [-0.2, -0.15) is 0 Å². The highest BCUT2D eigenvalue weighted by molar-refractivity contribution is 5.42. The molecule has 0 atom stereocenters. The Bertz CT molecular complexity index is 829. The van der Waals surface area contributed by atoms with Gasteiger partial charge in [-0.05, 0) is 55.9 Å². The van der Waals surface area contributed by atoms with Gasteiger partial charge in [0.05, 0.1) is 0 Å². The third kappa shape index (κ3) is 4.85. The van der Waals surface area contributed by atoms with Gasteiger partial charge < -0.3 is 15.5 Å². The molecule has 31 heavy (non-hydrogen) atoms. The number of rotatable bonds is 5. The van der Waals surface area contributed by atoms with Crippen LogP contribution >= 0.6 is 0 Å². The molecular formula is C25H38N6. The molecular weight excluding hydrogens is 384 g/mol. The standard InChI is InChI=1S/C25H38N6/c1-19(2)20-5-7-23(27-17-20)30-13-15-31(16-14-30)25(3,4)21-6-8-24(28-18-21)29-11-9-22(26)10-12-29/h5-8,17-19,22H,9-16,26H2,1-4H3. The average molecular weight is 423 g/mol. The number of piperazine rings is 1. The van der Waals surface area contributed by atoms with Gasteiger partial charge in [0.25, 0.3) is 0 Å². The van der Waals surface area contributed by atoms with Crippen molar-refractivity contribution in [3.63, 3.8) is 0 Å². The summed E-state index contributed by atoms with van der Waals surface area (Å²) < 4.78 is 0. The molecule has 2 fully saturated rings. The first-order valence-electron chi connectivity index (χ1n) is 11.8. The van der Waals surface area contributed by atoms with E-state index in [4.69, 9.17) is 15.7 Å². The molecule has 4 heterocycles. The van der Waals surface area contributed by atoms with E-state index in [9.17, 15) is 0 Å². The monoisotopic (exact) mass is 422 g/mol. The quantitative estimate of drug-likeness (QED) is 0.795. The molecule has 2 saturated heterocycles. The SMILES string of the molecule is CC(C)c1ccc(N2CCN(C(C)(C)c3ccc(N4CCC(N)CC4)nc3)CC2)nc1. The molecule has 0 saturated carbocycles. The summed E-state index contributed by atoms with van der Waals surface area (Å²) in [5, 5.41) is 0. The summed E-state index contributed by atoms with van der Waals surface area (Å²) >= 11 is 0. The van der Waals surface area contributed by atoms with E-state index in [0.29, 0.717) is 12.0 Å². The van der Waals surface area contributed by atoms with Crippen LogP contribution in [0.15, 0.2) is 36.7 Å². The summed E-state index contributed by atoms with van der Waals surface area (Å²) in [4.78, 5) is 16.9. The van der Waals surface area contributed by atoms with Gasteiger partial charge >= 0.3 is 0 Å². The van der Waals surface area contributed by atoms with E-state index in [1.54, 1.807) is 0 Å². The van der Waals surface area contributed by atoms with Crippen LogP contribution in [0.1, 0.15) is 57.6 Å². The fraction of sp³-hybridized carbons (Fsp3) is 0.600. The van der Waals surface area contributed by atoms with Gasteiger partial charge in [0, 0.05) is 63.2 Å². The summed E-state index contributed by atoms with van der Waals surface area (Å²) in [6, 6.07) is 9.18.